The van der Waals surface area contributed by atoms with Crippen LogP contribution in [0.5, 0.6) is 5.75 Å². The quantitative estimate of drug-likeness (QED) is 0.341. The summed E-state index contributed by atoms with van der Waals surface area (Å²) in [6, 6.07) is 6.35. The summed E-state index contributed by atoms with van der Waals surface area (Å²) in [7, 11) is 1.34. The van der Waals surface area contributed by atoms with Crippen LogP contribution in [0.15, 0.2) is 47.1 Å². The van der Waals surface area contributed by atoms with Gasteiger partial charge in [-0.2, -0.15) is 13.2 Å². The Morgan fingerprint density at radius 2 is 1.90 bits per heavy atom. The number of nitrogens with two attached hydrogens (primary N) is 1. The van der Waals surface area contributed by atoms with Crippen molar-refractivity contribution in [2.24, 2.45) is 11.7 Å². The minimum Gasteiger partial charge on any atom is -0.494 e. The summed E-state index contributed by atoms with van der Waals surface area (Å²) in [6.07, 6.45) is 0.502. The molecule has 0 radical (unpaired) electrons. The van der Waals surface area contributed by atoms with E-state index < -0.39 is 23.8 Å². The fourth-order valence-electron chi connectivity index (χ4n) is 4.73. The van der Waals surface area contributed by atoms with Gasteiger partial charge in [0.05, 0.1) is 13.2 Å². The van der Waals surface area contributed by atoms with E-state index in [1.165, 1.54) is 19.2 Å². The van der Waals surface area contributed by atoms with Crippen LogP contribution in [0.1, 0.15) is 47.7 Å². The molecule has 0 spiro atoms. The van der Waals surface area contributed by atoms with E-state index in [1.54, 1.807) is 31.5 Å². The average Bonchev–Trinajstić information content (AvgIpc) is 3.41. The highest BCUT2D eigenvalue weighted by atomic mass is 19.4. The van der Waals surface area contributed by atoms with E-state index >= 15 is 0 Å². The molecule has 13 heteroatoms. The van der Waals surface area contributed by atoms with Crippen molar-refractivity contribution in [3.63, 3.8) is 0 Å². The van der Waals surface area contributed by atoms with Crippen LogP contribution in [0.4, 0.5) is 19.1 Å². The van der Waals surface area contributed by atoms with Crippen LogP contribution in [0.2, 0.25) is 0 Å². The van der Waals surface area contributed by atoms with E-state index in [1.807, 2.05) is 0 Å². The van der Waals surface area contributed by atoms with Crippen molar-refractivity contribution < 1.29 is 27.1 Å². The number of piperidine rings is 1. The Labute approximate surface area is 227 Å². The maximum Gasteiger partial charge on any atom is 0.433 e. The van der Waals surface area contributed by atoms with Crippen LogP contribution in [0.3, 0.4) is 0 Å². The number of oxazole rings is 1. The first-order valence-corrected chi connectivity index (χ1v) is 12.8. The summed E-state index contributed by atoms with van der Waals surface area (Å²) in [5, 5.41) is 3.26. The number of halogens is 3. The molecule has 1 fully saturated rings. The second-order valence-electron chi connectivity index (χ2n) is 9.62. The lowest BCUT2D eigenvalue weighted by molar-refractivity contribution is -0.140. The lowest BCUT2D eigenvalue weighted by Gasteiger charge is -2.31. The van der Waals surface area contributed by atoms with Gasteiger partial charge in [0, 0.05) is 43.0 Å². The van der Waals surface area contributed by atoms with E-state index in [0.29, 0.717) is 23.4 Å². The van der Waals surface area contributed by atoms with Gasteiger partial charge in [-0.1, -0.05) is 0 Å². The predicted molar refractivity (Wildman–Crippen MR) is 141 cm³/mol. The molecule has 4 aromatic rings. The van der Waals surface area contributed by atoms with E-state index in [2.05, 4.69) is 30.2 Å². The number of hydrogen-bond donors (Lipinski definition) is 2. The van der Waals surface area contributed by atoms with Crippen molar-refractivity contribution in [2.75, 3.05) is 31.6 Å². The predicted octanol–water partition coefficient (Wildman–Crippen LogP) is 4.37. The number of nitrogens with one attached hydrogen (secondary N) is 1. The number of alkyl halides is 3. The number of aromatic nitrogens is 4. The molecule has 5 rings (SSSR count). The first kappa shape index (κ1) is 27.3. The van der Waals surface area contributed by atoms with Gasteiger partial charge in [0.25, 0.3) is 5.91 Å². The molecule has 3 aromatic heterocycles. The molecule has 3 N–H and O–H groups in total. The number of hydrogen-bond acceptors (Lipinski definition) is 9. The van der Waals surface area contributed by atoms with Gasteiger partial charge < -0.3 is 25.1 Å². The van der Waals surface area contributed by atoms with Crippen LogP contribution in [0, 0.1) is 5.92 Å². The van der Waals surface area contributed by atoms with Crippen molar-refractivity contribution in [3.05, 3.63) is 59.9 Å². The summed E-state index contributed by atoms with van der Waals surface area (Å²) < 4.78 is 51.1. The third kappa shape index (κ3) is 5.55. The molecule has 40 heavy (non-hydrogen) atoms. The fraction of sp³-hybridized carbons (Fsp3) is 0.370. The van der Waals surface area contributed by atoms with E-state index in [4.69, 9.17) is 14.9 Å². The van der Waals surface area contributed by atoms with Gasteiger partial charge in [0.1, 0.15) is 17.0 Å². The summed E-state index contributed by atoms with van der Waals surface area (Å²) in [6.45, 7) is 3.65. The number of carbonyl (C=O) groups excluding carboxylic acids is 1. The standard InChI is InChI=1S/C27H28F3N7O3/c1-15(31)23-22(24(38)34-14-16-8-12-37(13-9-16)26-32-10-3-11-33-26)36-25(40-23)18-4-6-19(39-2)21-17(18)5-7-20(35-21)27(28,29)30/h3-7,10-11,15-16H,8-9,12-14,31H2,1-2H3,(H,34,38)/t15-/m0/s1. The molecular weight excluding hydrogens is 527 g/mol. The zero-order valence-corrected chi connectivity index (χ0v) is 21.9. The zero-order valence-electron chi connectivity index (χ0n) is 21.9. The summed E-state index contributed by atoms with van der Waals surface area (Å²) in [5.74, 6) is 0.888. The molecule has 1 saturated heterocycles. The van der Waals surface area contributed by atoms with Crippen LogP contribution in [0.25, 0.3) is 22.4 Å². The van der Waals surface area contributed by atoms with Gasteiger partial charge in [0.2, 0.25) is 11.8 Å². The number of amides is 1. The number of fused-ring (bicyclic) bond motifs is 1. The zero-order chi connectivity index (χ0) is 28.4. The number of ether oxygens (including phenoxy) is 1. The largest absolute Gasteiger partial charge is 0.494 e. The summed E-state index contributed by atoms with van der Waals surface area (Å²) in [4.78, 5) is 32.1. The van der Waals surface area contributed by atoms with Gasteiger partial charge in [0.15, 0.2) is 11.5 Å². The maximum atomic E-state index is 13.3. The third-order valence-electron chi connectivity index (χ3n) is 6.84. The van der Waals surface area contributed by atoms with Gasteiger partial charge in [-0.15, -0.1) is 0 Å². The SMILES string of the molecule is COc1ccc(-c2nc(C(=O)NCC3CCN(c4ncccn4)CC3)c([C@H](C)N)o2)c2ccc(C(F)(F)F)nc12. The van der Waals surface area contributed by atoms with Crippen LogP contribution >= 0.6 is 0 Å². The van der Waals surface area contributed by atoms with Crippen molar-refractivity contribution in [2.45, 2.75) is 32.0 Å². The highest BCUT2D eigenvalue weighted by Gasteiger charge is 2.33. The highest BCUT2D eigenvalue weighted by Crippen LogP contribution is 2.37. The topological polar surface area (TPSA) is 132 Å². The molecule has 10 nitrogen and oxygen atoms in total. The van der Waals surface area contributed by atoms with Gasteiger partial charge >= 0.3 is 6.18 Å². The molecule has 1 amide bonds. The maximum absolute atomic E-state index is 13.3. The lowest BCUT2D eigenvalue weighted by Crippen LogP contribution is -2.39. The van der Waals surface area contributed by atoms with Crippen LogP contribution in [-0.2, 0) is 6.18 Å². The molecule has 0 bridgehead atoms. The first-order chi connectivity index (χ1) is 19.2. The molecule has 1 aliphatic rings. The third-order valence-corrected chi connectivity index (χ3v) is 6.84. The number of pyridine rings is 1. The average molecular weight is 556 g/mol. The smallest absolute Gasteiger partial charge is 0.433 e. The Kier molecular flexibility index (Phi) is 7.57. The second-order valence-corrected chi connectivity index (χ2v) is 9.62. The molecule has 0 saturated carbocycles. The molecule has 1 aromatic carbocycles. The normalized spacial score (nSPS) is 15.3. The van der Waals surface area contributed by atoms with Crippen molar-refractivity contribution in [3.8, 4) is 17.2 Å². The first-order valence-electron chi connectivity index (χ1n) is 12.8. The monoisotopic (exact) mass is 555 g/mol. The Hall–Kier alpha value is -4.26. The number of carbonyl (C=O) groups is 1. The summed E-state index contributed by atoms with van der Waals surface area (Å²) >= 11 is 0. The lowest BCUT2D eigenvalue weighted by atomic mass is 9.97. The number of benzene rings is 1. The second kappa shape index (κ2) is 11.1. The number of methoxy groups -OCH3 is 1. The van der Waals surface area contributed by atoms with Crippen molar-refractivity contribution in [1.82, 2.24) is 25.3 Å². The molecule has 0 unspecified atom stereocenters. The number of anilines is 1. The minimum absolute atomic E-state index is 0.00591. The molecule has 1 aliphatic heterocycles. The van der Waals surface area contributed by atoms with Crippen LogP contribution in [-0.4, -0.2) is 52.6 Å². The molecule has 1 atom stereocenters. The van der Waals surface area contributed by atoms with Gasteiger partial charge in [-0.3, -0.25) is 4.79 Å². The van der Waals surface area contributed by atoms with Crippen molar-refractivity contribution in [1.29, 1.82) is 0 Å². The summed E-state index contributed by atoms with van der Waals surface area (Å²) in [5.41, 5.74) is 5.42. The van der Waals surface area contributed by atoms with Crippen molar-refractivity contribution >= 4 is 22.8 Å². The van der Waals surface area contributed by atoms with Gasteiger partial charge in [-0.05, 0) is 56.0 Å². The highest BCUT2D eigenvalue weighted by molar-refractivity contribution is 5.98. The Morgan fingerprint density at radius 3 is 2.55 bits per heavy atom. The molecular formula is C27H28F3N7O3. The van der Waals surface area contributed by atoms with E-state index in [0.717, 1.165) is 32.0 Å². The molecule has 210 valence electrons. The van der Waals surface area contributed by atoms with Gasteiger partial charge in [-0.25, -0.2) is 19.9 Å². The number of nitrogens with zero attached hydrogens (tertiary/aromatic N) is 5. The Bertz CT molecular complexity index is 1500. The number of rotatable bonds is 7. The minimum atomic E-state index is -4.63. The van der Waals surface area contributed by atoms with Crippen LogP contribution < -0.4 is 20.7 Å². The molecule has 0 aliphatic carbocycles. The Balaban J connectivity index is 1.35. The molecule has 4 heterocycles. The van der Waals surface area contributed by atoms with E-state index in [-0.39, 0.29) is 34.5 Å². The Morgan fingerprint density at radius 1 is 1.18 bits per heavy atom. The van der Waals surface area contributed by atoms with E-state index in [9.17, 15) is 18.0 Å². The fourth-order valence-corrected chi connectivity index (χ4v) is 4.73.